The minimum atomic E-state index is -4.38. The van der Waals surface area contributed by atoms with Crippen LogP contribution in [0.2, 0.25) is 0 Å². The fourth-order valence-corrected chi connectivity index (χ4v) is 2.51. The van der Waals surface area contributed by atoms with Crippen molar-refractivity contribution in [3.63, 3.8) is 0 Å². The molecule has 2 rings (SSSR count). The standard InChI is InChI=1S/C14H19F3N4O/c1-4-20(8-9(2)3)13(22)10-7-19-21-11(14(15,16)17)5-6-18-12(10)21/h7,11,18H,2,4-6,8H2,1,3H3. The number of halogens is 3. The van der Waals surface area contributed by atoms with E-state index in [1.165, 1.54) is 11.1 Å². The summed E-state index contributed by atoms with van der Waals surface area (Å²) < 4.78 is 40.0. The number of fused-ring (bicyclic) bond motifs is 1. The van der Waals surface area contributed by atoms with Crippen LogP contribution in [0.5, 0.6) is 0 Å². The van der Waals surface area contributed by atoms with Crippen LogP contribution < -0.4 is 5.32 Å². The van der Waals surface area contributed by atoms with E-state index < -0.39 is 12.2 Å². The van der Waals surface area contributed by atoms with E-state index >= 15 is 0 Å². The van der Waals surface area contributed by atoms with Crippen molar-refractivity contribution in [1.29, 1.82) is 0 Å². The smallest absolute Gasteiger partial charge is 0.370 e. The summed E-state index contributed by atoms with van der Waals surface area (Å²) in [5.41, 5.74) is 0.967. The number of likely N-dealkylation sites (N-methyl/N-ethyl adjacent to an activating group) is 1. The summed E-state index contributed by atoms with van der Waals surface area (Å²) in [6, 6.07) is -1.69. The van der Waals surface area contributed by atoms with Crippen LogP contribution in [-0.2, 0) is 0 Å². The number of amides is 1. The Morgan fingerprint density at radius 1 is 1.59 bits per heavy atom. The van der Waals surface area contributed by atoms with E-state index in [2.05, 4.69) is 17.0 Å². The van der Waals surface area contributed by atoms with Gasteiger partial charge in [-0.2, -0.15) is 18.3 Å². The minimum Gasteiger partial charge on any atom is -0.370 e. The normalized spacial score (nSPS) is 17.6. The fourth-order valence-electron chi connectivity index (χ4n) is 2.51. The van der Waals surface area contributed by atoms with Gasteiger partial charge in [0.25, 0.3) is 5.91 Å². The molecule has 0 saturated carbocycles. The number of aromatic nitrogens is 2. The number of hydrogen-bond donors (Lipinski definition) is 1. The average Bonchev–Trinajstić information content (AvgIpc) is 2.86. The largest absolute Gasteiger partial charge is 0.410 e. The number of anilines is 1. The first-order valence-electron chi connectivity index (χ1n) is 7.07. The maximum Gasteiger partial charge on any atom is 0.410 e. The molecule has 1 atom stereocenters. The molecule has 0 fully saturated rings. The van der Waals surface area contributed by atoms with Crippen LogP contribution in [0.3, 0.4) is 0 Å². The lowest BCUT2D eigenvalue weighted by atomic mass is 10.1. The highest BCUT2D eigenvalue weighted by Gasteiger charge is 2.44. The second-order valence-electron chi connectivity index (χ2n) is 5.40. The van der Waals surface area contributed by atoms with Gasteiger partial charge in [-0.25, -0.2) is 4.68 Å². The van der Waals surface area contributed by atoms with Gasteiger partial charge < -0.3 is 10.2 Å². The van der Waals surface area contributed by atoms with Crippen molar-refractivity contribution in [2.75, 3.05) is 25.0 Å². The fraction of sp³-hybridized carbons (Fsp3) is 0.571. The minimum absolute atomic E-state index is 0.102. The van der Waals surface area contributed by atoms with Crippen LogP contribution in [0, 0.1) is 0 Å². The molecule has 2 heterocycles. The number of nitrogens with zero attached hydrogens (tertiary/aromatic N) is 3. The summed E-state index contributed by atoms with van der Waals surface area (Å²) in [4.78, 5) is 14.0. The van der Waals surface area contributed by atoms with Crippen LogP contribution in [0.15, 0.2) is 18.3 Å². The molecule has 8 heteroatoms. The van der Waals surface area contributed by atoms with Crippen molar-refractivity contribution < 1.29 is 18.0 Å². The van der Waals surface area contributed by atoms with E-state index in [0.717, 1.165) is 10.3 Å². The van der Waals surface area contributed by atoms with E-state index in [4.69, 9.17) is 0 Å². The molecule has 122 valence electrons. The molecule has 0 spiro atoms. The second kappa shape index (κ2) is 6.02. The zero-order valence-corrected chi connectivity index (χ0v) is 12.6. The molecule has 0 radical (unpaired) electrons. The summed E-state index contributed by atoms with van der Waals surface area (Å²) in [7, 11) is 0. The third kappa shape index (κ3) is 3.10. The Labute approximate surface area is 126 Å². The van der Waals surface area contributed by atoms with Crippen LogP contribution >= 0.6 is 0 Å². The van der Waals surface area contributed by atoms with Crippen LogP contribution in [0.4, 0.5) is 19.0 Å². The van der Waals surface area contributed by atoms with Crippen molar-refractivity contribution in [2.45, 2.75) is 32.5 Å². The molecule has 0 aliphatic carbocycles. The predicted octanol–water partition coefficient (Wildman–Crippen LogP) is 2.84. The lowest BCUT2D eigenvalue weighted by Gasteiger charge is -2.28. The van der Waals surface area contributed by atoms with E-state index in [1.807, 2.05) is 6.92 Å². The van der Waals surface area contributed by atoms with E-state index in [-0.39, 0.29) is 30.3 Å². The Morgan fingerprint density at radius 3 is 2.82 bits per heavy atom. The Hall–Kier alpha value is -1.99. The molecule has 1 aliphatic rings. The van der Waals surface area contributed by atoms with Crippen molar-refractivity contribution in [3.05, 3.63) is 23.9 Å². The summed E-state index contributed by atoms with van der Waals surface area (Å²) in [5.74, 6) is -0.208. The quantitative estimate of drug-likeness (QED) is 0.869. The van der Waals surface area contributed by atoms with E-state index in [1.54, 1.807) is 6.92 Å². The van der Waals surface area contributed by atoms with E-state index in [9.17, 15) is 18.0 Å². The molecule has 0 bridgehead atoms. The van der Waals surface area contributed by atoms with Gasteiger partial charge in [0.1, 0.15) is 11.4 Å². The highest BCUT2D eigenvalue weighted by atomic mass is 19.4. The molecular weight excluding hydrogens is 297 g/mol. The Morgan fingerprint density at radius 2 is 2.27 bits per heavy atom. The summed E-state index contributed by atoms with van der Waals surface area (Å²) in [6.07, 6.45) is -3.28. The van der Waals surface area contributed by atoms with Crippen molar-refractivity contribution in [1.82, 2.24) is 14.7 Å². The number of carbonyl (C=O) groups is 1. The van der Waals surface area contributed by atoms with Gasteiger partial charge >= 0.3 is 6.18 Å². The topological polar surface area (TPSA) is 50.2 Å². The molecule has 1 N–H and O–H groups in total. The number of hydrogen-bond acceptors (Lipinski definition) is 3. The number of alkyl halides is 3. The van der Waals surface area contributed by atoms with Crippen LogP contribution in [-0.4, -0.2) is 46.4 Å². The third-order valence-electron chi connectivity index (χ3n) is 3.54. The third-order valence-corrected chi connectivity index (χ3v) is 3.54. The van der Waals surface area contributed by atoms with Crippen molar-refractivity contribution in [2.24, 2.45) is 0 Å². The second-order valence-corrected chi connectivity index (χ2v) is 5.40. The lowest BCUT2D eigenvalue weighted by molar-refractivity contribution is -0.171. The van der Waals surface area contributed by atoms with Gasteiger partial charge in [0.2, 0.25) is 0 Å². The molecule has 1 amide bonds. The maximum atomic E-state index is 13.0. The van der Waals surface area contributed by atoms with Gasteiger partial charge in [-0.1, -0.05) is 12.2 Å². The van der Waals surface area contributed by atoms with Gasteiger partial charge in [0.05, 0.1) is 6.20 Å². The predicted molar refractivity (Wildman–Crippen MR) is 76.8 cm³/mol. The highest BCUT2D eigenvalue weighted by Crippen LogP contribution is 2.38. The van der Waals surface area contributed by atoms with Gasteiger partial charge in [-0.15, -0.1) is 0 Å². The zero-order valence-electron chi connectivity index (χ0n) is 12.6. The highest BCUT2D eigenvalue weighted by molar-refractivity contribution is 5.99. The monoisotopic (exact) mass is 316 g/mol. The first-order valence-corrected chi connectivity index (χ1v) is 7.07. The molecule has 0 aromatic carbocycles. The maximum absolute atomic E-state index is 13.0. The Kier molecular flexibility index (Phi) is 4.48. The number of nitrogens with one attached hydrogen (secondary N) is 1. The molecular formula is C14H19F3N4O. The van der Waals surface area contributed by atoms with Crippen molar-refractivity contribution in [3.8, 4) is 0 Å². The zero-order chi connectivity index (χ0) is 16.5. The van der Waals surface area contributed by atoms with Gasteiger partial charge in [-0.05, 0) is 20.3 Å². The van der Waals surface area contributed by atoms with Gasteiger partial charge in [0.15, 0.2) is 6.04 Å². The van der Waals surface area contributed by atoms with Crippen molar-refractivity contribution >= 4 is 11.7 Å². The first kappa shape index (κ1) is 16.4. The molecule has 5 nitrogen and oxygen atoms in total. The molecule has 1 aliphatic heterocycles. The molecule has 1 aromatic heterocycles. The first-order chi connectivity index (χ1) is 10.3. The van der Waals surface area contributed by atoms with Crippen LogP contribution in [0.1, 0.15) is 36.7 Å². The van der Waals surface area contributed by atoms with Gasteiger partial charge in [0, 0.05) is 19.6 Å². The SMILES string of the molecule is C=C(C)CN(CC)C(=O)c1cnn2c1NCCC2C(F)(F)F. The van der Waals surface area contributed by atoms with Crippen LogP contribution in [0.25, 0.3) is 0 Å². The average molecular weight is 316 g/mol. The number of rotatable bonds is 4. The van der Waals surface area contributed by atoms with Gasteiger partial charge in [-0.3, -0.25) is 4.79 Å². The molecule has 1 unspecified atom stereocenters. The summed E-state index contributed by atoms with van der Waals surface area (Å²) in [5, 5.41) is 6.64. The molecule has 1 aromatic rings. The Balaban J connectivity index is 2.33. The molecule has 22 heavy (non-hydrogen) atoms. The Bertz CT molecular complexity index is 579. The number of carbonyl (C=O) groups excluding carboxylic acids is 1. The lowest BCUT2D eigenvalue weighted by Crippen LogP contribution is -2.36. The molecule has 0 saturated heterocycles. The van der Waals surface area contributed by atoms with E-state index in [0.29, 0.717) is 13.1 Å². The summed E-state index contributed by atoms with van der Waals surface area (Å²) >= 11 is 0. The summed E-state index contributed by atoms with van der Waals surface area (Å²) in [6.45, 7) is 8.32.